The van der Waals surface area contributed by atoms with Gasteiger partial charge in [0.15, 0.2) is 0 Å². The molecule has 3 aromatic rings. The van der Waals surface area contributed by atoms with Gasteiger partial charge in [-0.2, -0.15) is 0 Å². The van der Waals surface area contributed by atoms with Gasteiger partial charge in [-0.05, 0) is 43.0 Å². The Bertz CT molecular complexity index is 1200. The molecule has 8 nitrogen and oxygen atoms in total. The number of alkyl carbamates (subject to hydrolysis) is 1. The van der Waals surface area contributed by atoms with Crippen molar-refractivity contribution in [2.24, 2.45) is 0 Å². The number of benzene rings is 3. The molecule has 36 heavy (non-hydrogen) atoms. The van der Waals surface area contributed by atoms with Gasteiger partial charge in [-0.3, -0.25) is 0 Å². The van der Waals surface area contributed by atoms with Crippen molar-refractivity contribution in [1.82, 2.24) is 5.32 Å². The Morgan fingerprint density at radius 3 is 2.06 bits per heavy atom. The zero-order valence-corrected chi connectivity index (χ0v) is 21.1. The van der Waals surface area contributed by atoms with Crippen molar-refractivity contribution < 1.29 is 33.0 Å². The first-order valence-corrected chi connectivity index (χ1v) is 13.2. The largest absolute Gasteiger partial charge is 0.459 e. The lowest BCUT2D eigenvalue weighted by atomic mass is 10.1. The third-order valence-electron chi connectivity index (χ3n) is 5.29. The van der Waals surface area contributed by atoms with Crippen LogP contribution in [0.2, 0.25) is 0 Å². The second-order valence-corrected chi connectivity index (χ2v) is 10.3. The summed E-state index contributed by atoms with van der Waals surface area (Å²) in [5.74, 6) is -0.466. The fourth-order valence-electron chi connectivity index (χ4n) is 3.38. The Kier molecular flexibility index (Phi) is 9.68. The number of carbonyl (C=O) groups excluding carboxylic acids is 2. The van der Waals surface area contributed by atoms with E-state index in [2.05, 4.69) is 5.32 Å². The molecule has 1 amide bonds. The molecule has 0 aliphatic rings. The van der Waals surface area contributed by atoms with Gasteiger partial charge in [0.25, 0.3) is 0 Å². The van der Waals surface area contributed by atoms with E-state index in [4.69, 9.17) is 14.0 Å². The van der Waals surface area contributed by atoms with Gasteiger partial charge in [0.1, 0.15) is 25.0 Å². The number of carbonyl (C=O) groups is 2. The normalized spacial score (nSPS) is 13.2. The third kappa shape index (κ3) is 8.87. The Morgan fingerprint density at radius 2 is 1.47 bits per heavy atom. The van der Waals surface area contributed by atoms with E-state index in [-0.39, 0.29) is 31.5 Å². The minimum atomic E-state index is -4.13. The van der Waals surface area contributed by atoms with Crippen molar-refractivity contribution in [1.29, 1.82) is 0 Å². The van der Waals surface area contributed by atoms with Crippen LogP contribution >= 0.6 is 7.60 Å². The highest BCUT2D eigenvalue weighted by atomic mass is 31.2. The summed E-state index contributed by atoms with van der Waals surface area (Å²) in [4.78, 5) is 35.6. The number of ether oxygens (including phenoxy) is 2. The van der Waals surface area contributed by atoms with Crippen molar-refractivity contribution >= 4 is 19.7 Å². The van der Waals surface area contributed by atoms with Crippen molar-refractivity contribution in [2.45, 2.75) is 39.5 Å². The lowest BCUT2D eigenvalue weighted by Gasteiger charge is -2.20. The first kappa shape index (κ1) is 27.0. The van der Waals surface area contributed by atoms with E-state index in [1.807, 2.05) is 49.4 Å². The molecule has 0 aliphatic heterocycles. The van der Waals surface area contributed by atoms with Crippen molar-refractivity contribution in [3.05, 3.63) is 101 Å². The van der Waals surface area contributed by atoms with Gasteiger partial charge < -0.3 is 24.2 Å². The Hall–Kier alpha value is -3.61. The van der Waals surface area contributed by atoms with Crippen molar-refractivity contribution in [3.8, 4) is 5.75 Å². The van der Waals surface area contributed by atoms with E-state index in [0.717, 1.165) is 16.7 Å². The second-order valence-electron chi connectivity index (χ2n) is 8.36. The molecule has 0 saturated heterocycles. The van der Waals surface area contributed by atoms with E-state index >= 15 is 0 Å². The fraction of sp³-hybridized carbons (Fsp3) is 0.259. The fourth-order valence-corrected chi connectivity index (χ4v) is 4.57. The maximum absolute atomic E-state index is 12.8. The molecule has 190 valence electrons. The summed E-state index contributed by atoms with van der Waals surface area (Å²) >= 11 is 0. The maximum Gasteiger partial charge on any atom is 0.408 e. The summed E-state index contributed by atoms with van der Waals surface area (Å²) in [6.45, 7) is 3.68. The van der Waals surface area contributed by atoms with Gasteiger partial charge in [-0.25, -0.2) is 14.2 Å². The van der Waals surface area contributed by atoms with Gasteiger partial charge in [0.05, 0.1) is 6.16 Å². The molecular formula is C27H30NO7P. The highest BCUT2D eigenvalue weighted by molar-refractivity contribution is 7.53. The zero-order chi connectivity index (χ0) is 26.0. The first-order chi connectivity index (χ1) is 17.2. The predicted molar refractivity (Wildman–Crippen MR) is 136 cm³/mol. The maximum atomic E-state index is 12.8. The van der Waals surface area contributed by atoms with Crippen LogP contribution < -0.4 is 9.84 Å². The number of amides is 1. The smallest absolute Gasteiger partial charge is 0.408 e. The Labute approximate surface area is 210 Å². The predicted octanol–water partition coefficient (Wildman–Crippen LogP) is 5.30. The highest BCUT2D eigenvalue weighted by Crippen LogP contribution is 2.44. The number of hydrogen-bond acceptors (Lipinski definition) is 6. The zero-order valence-electron chi connectivity index (χ0n) is 20.3. The van der Waals surface area contributed by atoms with E-state index in [1.54, 1.807) is 43.3 Å². The second kappa shape index (κ2) is 12.9. The molecule has 2 N–H and O–H groups in total. The summed E-state index contributed by atoms with van der Waals surface area (Å²) in [5.41, 5.74) is 3.25. The molecule has 0 heterocycles. The molecule has 2 unspecified atom stereocenters. The van der Waals surface area contributed by atoms with Gasteiger partial charge in [-0.1, -0.05) is 78.4 Å². The monoisotopic (exact) mass is 511 g/mol. The third-order valence-corrected chi connectivity index (χ3v) is 6.59. The van der Waals surface area contributed by atoms with E-state index < -0.39 is 25.7 Å². The molecule has 0 radical (unpaired) electrons. The van der Waals surface area contributed by atoms with Crippen molar-refractivity contribution in [2.75, 3.05) is 6.16 Å². The van der Waals surface area contributed by atoms with Gasteiger partial charge in [-0.15, -0.1) is 0 Å². The molecule has 0 bridgehead atoms. The minimum absolute atomic E-state index is 0.00671. The molecule has 0 saturated carbocycles. The molecule has 0 aliphatic carbocycles. The van der Waals surface area contributed by atoms with Gasteiger partial charge in [0.2, 0.25) is 0 Å². The topological polar surface area (TPSA) is 111 Å². The van der Waals surface area contributed by atoms with Crippen LogP contribution in [0.5, 0.6) is 5.75 Å². The van der Waals surface area contributed by atoms with Crippen LogP contribution in [0.1, 0.15) is 28.7 Å². The average Bonchev–Trinajstić information content (AvgIpc) is 2.87. The quantitative estimate of drug-likeness (QED) is 0.266. The molecule has 3 aromatic carbocycles. The van der Waals surface area contributed by atoms with Gasteiger partial charge in [0, 0.05) is 0 Å². The SMILES string of the molecule is Cc1ccc(OP(=O)(O)CCC(NC(=O)OCc2ccccc2)C(=O)OCc2ccccc2)c(C)c1. The van der Waals surface area contributed by atoms with Crippen LogP contribution in [-0.4, -0.2) is 29.2 Å². The van der Waals surface area contributed by atoms with Crippen LogP contribution in [0, 0.1) is 13.8 Å². The number of hydrogen-bond donors (Lipinski definition) is 2. The Morgan fingerprint density at radius 1 is 0.889 bits per heavy atom. The average molecular weight is 512 g/mol. The summed E-state index contributed by atoms with van der Waals surface area (Å²) < 4.78 is 28.7. The molecule has 0 aromatic heterocycles. The molecule has 3 rings (SSSR count). The van der Waals surface area contributed by atoms with E-state index in [9.17, 15) is 19.0 Å². The lowest BCUT2D eigenvalue weighted by Crippen LogP contribution is -2.42. The minimum Gasteiger partial charge on any atom is -0.459 e. The lowest BCUT2D eigenvalue weighted by molar-refractivity contribution is -0.147. The standard InChI is InChI=1S/C27H30NO7P/c1-20-13-14-25(21(2)17-20)35-36(31,32)16-15-24(26(29)33-18-22-9-5-3-6-10-22)28-27(30)34-19-23-11-7-4-8-12-23/h3-14,17,24H,15-16,18-19H2,1-2H3,(H,28,30)(H,31,32). The van der Waals surface area contributed by atoms with Crippen molar-refractivity contribution in [3.63, 3.8) is 0 Å². The number of rotatable bonds is 11. The summed E-state index contributed by atoms with van der Waals surface area (Å²) in [6.07, 6.45) is -1.42. The summed E-state index contributed by atoms with van der Waals surface area (Å²) in [6, 6.07) is 22.1. The van der Waals surface area contributed by atoms with Gasteiger partial charge >= 0.3 is 19.7 Å². The first-order valence-electron chi connectivity index (χ1n) is 11.5. The summed E-state index contributed by atoms with van der Waals surface area (Å²) in [5, 5.41) is 2.46. The summed E-state index contributed by atoms with van der Waals surface area (Å²) in [7, 11) is -4.13. The molecular weight excluding hydrogens is 481 g/mol. The van der Waals surface area contributed by atoms with E-state index in [0.29, 0.717) is 5.56 Å². The Balaban J connectivity index is 1.63. The molecule has 2 atom stereocenters. The van der Waals surface area contributed by atoms with Crippen LogP contribution in [0.25, 0.3) is 0 Å². The molecule has 0 spiro atoms. The molecule has 9 heteroatoms. The van der Waals surface area contributed by atoms with Crippen LogP contribution in [0.15, 0.2) is 78.9 Å². The highest BCUT2D eigenvalue weighted by Gasteiger charge is 2.29. The number of esters is 1. The van der Waals surface area contributed by atoms with Crippen LogP contribution in [0.3, 0.4) is 0 Å². The van der Waals surface area contributed by atoms with Crippen LogP contribution in [-0.2, 0) is 32.0 Å². The number of aryl methyl sites for hydroxylation is 2. The van der Waals surface area contributed by atoms with Crippen LogP contribution in [0.4, 0.5) is 4.79 Å². The molecule has 0 fully saturated rings. The van der Waals surface area contributed by atoms with E-state index in [1.165, 1.54) is 0 Å². The number of nitrogens with one attached hydrogen (secondary N) is 1.